The van der Waals surface area contributed by atoms with Gasteiger partial charge in [0.15, 0.2) is 0 Å². The minimum atomic E-state index is -1.05. The lowest BCUT2D eigenvalue weighted by molar-refractivity contribution is 0.539. The van der Waals surface area contributed by atoms with E-state index in [2.05, 4.69) is 40.3 Å². The van der Waals surface area contributed by atoms with Crippen LogP contribution in [0.2, 0.25) is 0 Å². The number of rotatable bonds is 6. The number of halogens is 1. The average Bonchev–Trinajstić information content (AvgIpc) is 2.52. The third-order valence-electron chi connectivity index (χ3n) is 3.55. The summed E-state index contributed by atoms with van der Waals surface area (Å²) in [5.74, 6) is 0. The van der Waals surface area contributed by atoms with Gasteiger partial charge in [0.2, 0.25) is 0 Å². The number of benzene rings is 2. The molecule has 2 aromatic rings. The van der Waals surface area contributed by atoms with Gasteiger partial charge in [-0.15, -0.1) is 0 Å². The first-order chi connectivity index (χ1) is 10.2. The minimum absolute atomic E-state index is 0.0340. The highest BCUT2D eigenvalue weighted by atomic mass is 79.9. The molecular weight excluding hydrogens is 346 g/mol. The molecule has 0 aromatic heterocycles. The Hall–Kier alpha value is -0.970. The van der Waals surface area contributed by atoms with Crippen LogP contribution in [0.3, 0.4) is 0 Å². The fraction of sp³-hybridized carbons (Fsp3) is 0.294. The Morgan fingerprint density at radius 3 is 2.43 bits per heavy atom. The van der Waals surface area contributed by atoms with E-state index in [0.29, 0.717) is 0 Å². The molecule has 0 saturated carbocycles. The molecule has 2 aromatic carbocycles. The van der Waals surface area contributed by atoms with Gasteiger partial charge < -0.3 is 5.32 Å². The third kappa shape index (κ3) is 4.02. The van der Waals surface area contributed by atoms with Gasteiger partial charge in [-0.3, -0.25) is 4.21 Å². The highest BCUT2D eigenvalue weighted by Gasteiger charge is 2.26. The third-order valence-corrected chi connectivity index (χ3v) is 5.91. The minimum Gasteiger partial charge on any atom is -0.312 e. The van der Waals surface area contributed by atoms with Crippen molar-refractivity contribution in [3.8, 4) is 0 Å². The summed E-state index contributed by atoms with van der Waals surface area (Å²) < 4.78 is 13.9. The van der Waals surface area contributed by atoms with Crippen LogP contribution in [0.5, 0.6) is 0 Å². The predicted molar refractivity (Wildman–Crippen MR) is 92.9 cm³/mol. The standard InChI is InChI=1S/C17H20BrNOS/c1-3-16(17(19-2)13-8-5-4-6-9-13)21(20)15-11-7-10-14(18)12-15/h4-12,16-17,19H,3H2,1-2H3. The molecule has 2 nitrogen and oxygen atoms in total. The molecule has 2 rings (SSSR count). The van der Waals surface area contributed by atoms with Crippen molar-refractivity contribution in [3.05, 3.63) is 64.6 Å². The Labute approximate surface area is 137 Å². The Kier molecular flexibility index (Phi) is 6.15. The second-order valence-corrected chi connectivity index (χ2v) is 7.47. The topological polar surface area (TPSA) is 29.1 Å². The van der Waals surface area contributed by atoms with Crippen LogP contribution < -0.4 is 5.32 Å². The molecular formula is C17H20BrNOS. The zero-order valence-corrected chi connectivity index (χ0v) is 14.7. The van der Waals surface area contributed by atoms with Crippen molar-refractivity contribution in [2.45, 2.75) is 29.5 Å². The molecule has 4 heteroatoms. The number of hydrogen-bond donors (Lipinski definition) is 1. The Morgan fingerprint density at radius 2 is 1.86 bits per heavy atom. The van der Waals surface area contributed by atoms with Crippen LogP contribution in [-0.2, 0) is 10.8 Å². The Balaban J connectivity index is 2.31. The van der Waals surface area contributed by atoms with Gasteiger partial charge in [0.05, 0.1) is 16.0 Å². The van der Waals surface area contributed by atoms with Crippen molar-refractivity contribution >= 4 is 26.7 Å². The normalized spacial score (nSPS) is 15.4. The van der Waals surface area contributed by atoms with Crippen LogP contribution >= 0.6 is 15.9 Å². The van der Waals surface area contributed by atoms with E-state index in [1.165, 1.54) is 5.56 Å². The van der Waals surface area contributed by atoms with Gasteiger partial charge in [-0.1, -0.05) is 59.3 Å². The fourth-order valence-corrected chi connectivity index (χ4v) is 4.70. The summed E-state index contributed by atoms with van der Waals surface area (Å²) in [5.41, 5.74) is 1.18. The van der Waals surface area contributed by atoms with Crippen molar-refractivity contribution < 1.29 is 4.21 Å². The van der Waals surface area contributed by atoms with Crippen molar-refractivity contribution in [1.82, 2.24) is 5.32 Å². The van der Waals surface area contributed by atoms with E-state index in [1.54, 1.807) is 0 Å². The second kappa shape index (κ2) is 7.87. The Bertz CT molecular complexity index is 603. The maximum Gasteiger partial charge on any atom is 0.0586 e. The maximum atomic E-state index is 13.0. The van der Waals surface area contributed by atoms with Gasteiger partial charge in [-0.2, -0.15) is 0 Å². The molecule has 3 atom stereocenters. The molecule has 0 aliphatic carbocycles. The van der Waals surface area contributed by atoms with Gasteiger partial charge in [0, 0.05) is 15.4 Å². The highest BCUT2D eigenvalue weighted by Crippen LogP contribution is 2.27. The molecule has 1 N–H and O–H groups in total. The van der Waals surface area contributed by atoms with Crippen molar-refractivity contribution in [3.63, 3.8) is 0 Å². The molecule has 0 amide bonds. The van der Waals surface area contributed by atoms with Gasteiger partial charge in [-0.25, -0.2) is 0 Å². The number of hydrogen-bond acceptors (Lipinski definition) is 2. The van der Waals surface area contributed by atoms with Crippen LogP contribution in [0.15, 0.2) is 64.0 Å². The van der Waals surface area contributed by atoms with Crippen LogP contribution in [0.25, 0.3) is 0 Å². The van der Waals surface area contributed by atoms with E-state index >= 15 is 0 Å². The van der Waals surface area contributed by atoms with Crippen molar-refractivity contribution in [2.24, 2.45) is 0 Å². The summed E-state index contributed by atoms with van der Waals surface area (Å²) >= 11 is 3.45. The smallest absolute Gasteiger partial charge is 0.0586 e. The average molecular weight is 366 g/mol. The van der Waals surface area contributed by atoms with Crippen molar-refractivity contribution in [2.75, 3.05) is 7.05 Å². The second-order valence-electron chi connectivity index (χ2n) is 4.88. The maximum absolute atomic E-state index is 13.0. The van der Waals surface area contributed by atoms with Gasteiger partial charge in [0.1, 0.15) is 0 Å². The monoisotopic (exact) mass is 365 g/mol. The summed E-state index contributed by atoms with van der Waals surface area (Å²) in [4.78, 5) is 0.868. The Morgan fingerprint density at radius 1 is 1.14 bits per heavy atom. The van der Waals surface area contributed by atoms with E-state index in [9.17, 15) is 4.21 Å². The van der Waals surface area contributed by atoms with Gasteiger partial charge in [-0.05, 0) is 37.2 Å². The van der Waals surface area contributed by atoms with Gasteiger partial charge >= 0.3 is 0 Å². The van der Waals surface area contributed by atoms with E-state index < -0.39 is 10.8 Å². The molecule has 21 heavy (non-hydrogen) atoms. The fourth-order valence-electron chi connectivity index (χ4n) is 2.51. The van der Waals surface area contributed by atoms with Crippen LogP contribution in [0, 0.1) is 0 Å². The van der Waals surface area contributed by atoms with Crippen LogP contribution in [0.4, 0.5) is 0 Å². The van der Waals surface area contributed by atoms with Crippen LogP contribution in [0.1, 0.15) is 24.9 Å². The van der Waals surface area contributed by atoms with E-state index in [0.717, 1.165) is 15.8 Å². The lowest BCUT2D eigenvalue weighted by atomic mass is 10.0. The first-order valence-corrected chi connectivity index (χ1v) is 9.06. The molecule has 0 heterocycles. The quantitative estimate of drug-likeness (QED) is 0.826. The predicted octanol–water partition coefficient (Wildman–Crippen LogP) is 4.30. The summed E-state index contributed by atoms with van der Waals surface area (Å²) in [6.45, 7) is 2.09. The summed E-state index contributed by atoms with van der Waals surface area (Å²) in [7, 11) is 0.875. The molecule has 0 aliphatic heterocycles. The SMILES string of the molecule is CCC(C(NC)c1ccccc1)S(=O)c1cccc(Br)c1. The van der Waals surface area contributed by atoms with Gasteiger partial charge in [0.25, 0.3) is 0 Å². The zero-order valence-electron chi connectivity index (χ0n) is 12.3. The molecule has 0 saturated heterocycles. The first kappa shape index (κ1) is 16.4. The molecule has 112 valence electrons. The molecule has 0 radical (unpaired) electrons. The molecule has 0 aliphatic rings. The largest absolute Gasteiger partial charge is 0.312 e. The molecule has 0 fully saturated rings. The molecule has 0 bridgehead atoms. The van der Waals surface area contributed by atoms with E-state index in [1.807, 2.05) is 49.5 Å². The number of nitrogens with one attached hydrogen (secondary N) is 1. The lowest BCUT2D eigenvalue weighted by Crippen LogP contribution is -2.32. The molecule has 0 spiro atoms. The highest BCUT2D eigenvalue weighted by molar-refractivity contribution is 9.10. The first-order valence-electron chi connectivity index (χ1n) is 7.05. The van der Waals surface area contributed by atoms with Crippen LogP contribution in [-0.4, -0.2) is 16.5 Å². The zero-order chi connectivity index (χ0) is 15.2. The lowest BCUT2D eigenvalue weighted by Gasteiger charge is -2.26. The molecule has 3 unspecified atom stereocenters. The summed E-state index contributed by atoms with van der Waals surface area (Å²) in [5, 5.41) is 3.36. The van der Waals surface area contributed by atoms with E-state index in [4.69, 9.17) is 0 Å². The summed E-state index contributed by atoms with van der Waals surface area (Å²) in [6.07, 6.45) is 0.847. The van der Waals surface area contributed by atoms with Crippen molar-refractivity contribution in [1.29, 1.82) is 0 Å². The summed E-state index contributed by atoms with van der Waals surface area (Å²) in [6, 6.07) is 18.1. The van der Waals surface area contributed by atoms with E-state index in [-0.39, 0.29) is 11.3 Å².